The molecule has 0 aliphatic rings. The Morgan fingerprint density at radius 2 is 0.643 bits per heavy atom. The van der Waals surface area contributed by atoms with E-state index in [2.05, 4.69) is 232 Å². The molecule has 0 fully saturated rings. The summed E-state index contributed by atoms with van der Waals surface area (Å²) in [7, 11) is 0. The molecule has 2 heteroatoms. The Balaban J connectivity index is 1.17. The first-order chi connectivity index (χ1) is 27.5. The van der Waals surface area contributed by atoms with Crippen LogP contribution in [0.4, 0.5) is 34.1 Å². The molecular weight excluding hydrogens is 677 g/mol. The minimum atomic E-state index is 0.922. The Labute approximate surface area is 333 Å². The second-order valence-corrected chi connectivity index (χ2v) is 14.6. The maximum Gasteiger partial charge on any atom is 0.0464 e. The molecule has 0 unspecified atom stereocenters. The molecule has 0 aliphatic heterocycles. The highest BCUT2D eigenvalue weighted by atomic mass is 15.1. The van der Waals surface area contributed by atoms with E-state index in [1.54, 1.807) is 0 Å². The van der Waals surface area contributed by atoms with E-state index in [4.69, 9.17) is 0 Å². The highest BCUT2D eigenvalue weighted by Crippen LogP contribution is 2.42. The van der Waals surface area contributed by atoms with Gasteiger partial charge in [-0.2, -0.15) is 0 Å². The van der Waals surface area contributed by atoms with E-state index < -0.39 is 0 Å². The van der Waals surface area contributed by atoms with E-state index in [-0.39, 0.29) is 0 Å². The van der Waals surface area contributed by atoms with Crippen LogP contribution in [-0.4, -0.2) is 0 Å². The Morgan fingerprint density at radius 1 is 0.304 bits per heavy atom. The number of rotatable bonds is 11. The molecular formula is C54H48N2. The lowest BCUT2D eigenvalue weighted by Crippen LogP contribution is -2.11. The van der Waals surface area contributed by atoms with Crippen LogP contribution in [0.5, 0.6) is 0 Å². The van der Waals surface area contributed by atoms with Gasteiger partial charge < -0.3 is 9.80 Å². The van der Waals surface area contributed by atoms with Crippen LogP contribution in [0.3, 0.4) is 0 Å². The van der Waals surface area contributed by atoms with Crippen molar-refractivity contribution < 1.29 is 0 Å². The molecule has 0 N–H and O–H groups in total. The first-order valence-electron chi connectivity index (χ1n) is 19.8. The summed E-state index contributed by atoms with van der Waals surface area (Å²) < 4.78 is 0. The molecule has 0 atom stereocenters. The van der Waals surface area contributed by atoms with Crippen LogP contribution in [0.25, 0.3) is 33.4 Å². The van der Waals surface area contributed by atoms with Crippen molar-refractivity contribution in [3.8, 4) is 33.4 Å². The van der Waals surface area contributed by atoms with Gasteiger partial charge in [0.15, 0.2) is 0 Å². The molecule has 8 aromatic carbocycles. The first kappa shape index (κ1) is 36.3. The van der Waals surface area contributed by atoms with Gasteiger partial charge in [-0.15, -0.1) is 0 Å². The summed E-state index contributed by atoms with van der Waals surface area (Å²) >= 11 is 0. The Hall–Kier alpha value is -6.64. The number of hydrogen-bond acceptors (Lipinski definition) is 2. The van der Waals surface area contributed by atoms with Crippen molar-refractivity contribution in [2.45, 2.75) is 40.5 Å². The predicted octanol–water partition coefficient (Wildman–Crippen LogP) is 15.4. The van der Waals surface area contributed by atoms with Crippen LogP contribution >= 0.6 is 0 Å². The van der Waals surface area contributed by atoms with Crippen molar-refractivity contribution in [1.29, 1.82) is 0 Å². The van der Waals surface area contributed by atoms with Gasteiger partial charge in [-0.05, 0) is 155 Å². The smallest absolute Gasteiger partial charge is 0.0464 e. The summed E-state index contributed by atoms with van der Waals surface area (Å²) in [6, 6.07) is 70.7. The summed E-state index contributed by atoms with van der Waals surface area (Å²) in [6.45, 7) is 8.87. The van der Waals surface area contributed by atoms with Gasteiger partial charge in [0.25, 0.3) is 0 Å². The van der Waals surface area contributed by atoms with Gasteiger partial charge >= 0.3 is 0 Å². The second kappa shape index (κ2) is 16.4. The largest absolute Gasteiger partial charge is 0.310 e. The summed E-state index contributed by atoms with van der Waals surface area (Å²) in [5.41, 5.74) is 19.5. The Morgan fingerprint density at radius 3 is 1.00 bits per heavy atom. The zero-order valence-electron chi connectivity index (χ0n) is 32.8. The average Bonchev–Trinajstić information content (AvgIpc) is 3.25. The zero-order valence-corrected chi connectivity index (χ0v) is 32.8. The SMILES string of the molecule is CCc1cc(N(c2ccc(-c3ccccc3)cc2)c2cccc(C)c2)ccc1-c1ccc(N(c2ccc(-c3ccccc3)cc2)c2cccc(C)c2)cc1CC. The highest BCUT2D eigenvalue weighted by molar-refractivity contribution is 5.84. The van der Waals surface area contributed by atoms with E-state index >= 15 is 0 Å². The molecule has 0 spiro atoms. The van der Waals surface area contributed by atoms with Gasteiger partial charge in [0.05, 0.1) is 0 Å². The zero-order chi connectivity index (χ0) is 38.4. The summed E-state index contributed by atoms with van der Waals surface area (Å²) in [6.07, 6.45) is 1.84. The van der Waals surface area contributed by atoms with Crippen molar-refractivity contribution >= 4 is 34.1 Å². The first-order valence-corrected chi connectivity index (χ1v) is 19.8. The van der Waals surface area contributed by atoms with Gasteiger partial charge in [0, 0.05) is 34.1 Å². The van der Waals surface area contributed by atoms with Gasteiger partial charge in [-0.25, -0.2) is 0 Å². The second-order valence-electron chi connectivity index (χ2n) is 14.6. The normalized spacial score (nSPS) is 11.0. The third kappa shape index (κ3) is 7.65. The van der Waals surface area contributed by atoms with E-state index in [0.29, 0.717) is 0 Å². The van der Waals surface area contributed by atoms with E-state index in [1.807, 2.05) is 0 Å². The molecule has 0 saturated heterocycles. The van der Waals surface area contributed by atoms with E-state index in [9.17, 15) is 0 Å². The van der Waals surface area contributed by atoms with Gasteiger partial charge in [-0.1, -0.05) is 135 Å². The molecule has 56 heavy (non-hydrogen) atoms. The maximum atomic E-state index is 2.39. The van der Waals surface area contributed by atoms with Crippen LogP contribution in [0, 0.1) is 13.8 Å². The fourth-order valence-electron chi connectivity index (χ4n) is 7.84. The van der Waals surface area contributed by atoms with E-state index in [1.165, 1.54) is 55.6 Å². The van der Waals surface area contributed by atoms with Crippen molar-refractivity contribution in [2.24, 2.45) is 0 Å². The molecule has 274 valence electrons. The molecule has 0 radical (unpaired) electrons. The molecule has 0 aromatic heterocycles. The number of anilines is 6. The monoisotopic (exact) mass is 724 g/mol. The summed E-state index contributed by atoms with van der Waals surface area (Å²) in [5, 5.41) is 0. The highest BCUT2D eigenvalue weighted by Gasteiger charge is 2.19. The fourth-order valence-corrected chi connectivity index (χ4v) is 7.84. The topological polar surface area (TPSA) is 6.48 Å². The number of hydrogen-bond donors (Lipinski definition) is 0. The molecule has 8 rings (SSSR count). The Bertz CT molecular complexity index is 2370. The quantitative estimate of drug-likeness (QED) is 0.131. The lowest BCUT2D eigenvalue weighted by molar-refractivity contribution is 1.11. The predicted molar refractivity (Wildman–Crippen MR) is 240 cm³/mol. The average molecular weight is 725 g/mol. The molecule has 2 nitrogen and oxygen atoms in total. The van der Waals surface area contributed by atoms with Crippen molar-refractivity contribution in [1.82, 2.24) is 0 Å². The van der Waals surface area contributed by atoms with Crippen LogP contribution in [0.15, 0.2) is 194 Å². The molecule has 0 heterocycles. The van der Waals surface area contributed by atoms with Crippen LogP contribution in [-0.2, 0) is 12.8 Å². The lowest BCUT2D eigenvalue weighted by Gasteiger charge is -2.28. The van der Waals surface area contributed by atoms with Crippen LogP contribution in [0.2, 0.25) is 0 Å². The van der Waals surface area contributed by atoms with Crippen LogP contribution < -0.4 is 9.80 Å². The fraction of sp³-hybridized carbons (Fsp3) is 0.111. The number of benzene rings is 8. The van der Waals surface area contributed by atoms with Crippen molar-refractivity contribution in [3.63, 3.8) is 0 Å². The molecule has 8 aromatic rings. The van der Waals surface area contributed by atoms with Gasteiger partial charge in [0.2, 0.25) is 0 Å². The number of nitrogens with zero attached hydrogens (tertiary/aromatic N) is 2. The third-order valence-corrected chi connectivity index (χ3v) is 10.7. The maximum absolute atomic E-state index is 2.39. The van der Waals surface area contributed by atoms with Crippen molar-refractivity contribution in [2.75, 3.05) is 9.80 Å². The van der Waals surface area contributed by atoms with Crippen LogP contribution in [0.1, 0.15) is 36.1 Å². The standard InChI is InChI=1S/C54H48N2/c1-5-41-37-51(55(49-21-13-15-39(3)35-49)47-27-23-45(24-28-47)43-17-9-7-10-18-43)31-33-53(41)54-34-32-52(38-42(54)6-2)56(50-22-14-16-40(4)36-50)48-29-25-46(26-30-48)44-19-11-8-12-20-44/h7-38H,5-6H2,1-4H3. The van der Waals surface area contributed by atoms with Gasteiger partial charge in [-0.3, -0.25) is 0 Å². The van der Waals surface area contributed by atoms with Gasteiger partial charge in [0.1, 0.15) is 0 Å². The lowest BCUT2D eigenvalue weighted by atomic mass is 9.91. The molecule has 0 bridgehead atoms. The minimum absolute atomic E-state index is 0.922. The molecule has 0 saturated carbocycles. The molecule has 0 aliphatic carbocycles. The Kier molecular flexibility index (Phi) is 10.6. The van der Waals surface area contributed by atoms with E-state index in [0.717, 1.165) is 47.0 Å². The third-order valence-electron chi connectivity index (χ3n) is 10.7. The minimum Gasteiger partial charge on any atom is -0.310 e. The summed E-state index contributed by atoms with van der Waals surface area (Å²) in [4.78, 5) is 4.77. The van der Waals surface area contributed by atoms with Crippen molar-refractivity contribution in [3.05, 3.63) is 216 Å². The number of aryl methyl sites for hydroxylation is 4. The molecule has 0 amide bonds. The summed E-state index contributed by atoms with van der Waals surface area (Å²) in [5.74, 6) is 0.